The summed E-state index contributed by atoms with van der Waals surface area (Å²) in [6.45, 7) is 0.0855. The van der Waals surface area contributed by atoms with Gasteiger partial charge in [0.1, 0.15) is 11.4 Å². The molecule has 0 radical (unpaired) electrons. The summed E-state index contributed by atoms with van der Waals surface area (Å²) in [6, 6.07) is 4.68. The number of fused-ring (bicyclic) bond motifs is 2. The Balaban J connectivity index is 1.42. The van der Waals surface area contributed by atoms with Gasteiger partial charge in [0.25, 0.3) is 0 Å². The first kappa shape index (κ1) is 19.9. The van der Waals surface area contributed by atoms with E-state index >= 15 is 0 Å². The number of carbonyl (C=O) groups excluding carboxylic acids is 1. The average Bonchev–Trinajstić information content (AvgIpc) is 3.17. The van der Waals surface area contributed by atoms with Crippen LogP contribution >= 0.6 is 0 Å². The van der Waals surface area contributed by atoms with Crippen LogP contribution in [0.5, 0.6) is 0 Å². The molecule has 2 bridgehead atoms. The molecule has 156 valence electrons. The Bertz CT molecular complexity index is 897. The fourth-order valence-electron chi connectivity index (χ4n) is 4.71. The summed E-state index contributed by atoms with van der Waals surface area (Å²) in [5.74, 6) is 0.270. The van der Waals surface area contributed by atoms with Crippen molar-refractivity contribution in [3.05, 3.63) is 48.0 Å². The van der Waals surface area contributed by atoms with Crippen LogP contribution < -0.4 is 5.32 Å². The van der Waals surface area contributed by atoms with E-state index in [-0.39, 0.29) is 30.2 Å². The molecular formula is C20H23F3N4O2. The quantitative estimate of drug-likeness (QED) is 0.816. The van der Waals surface area contributed by atoms with E-state index in [2.05, 4.69) is 15.2 Å². The molecule has 2 fully saturated rings. The number of rotatable bonds is 4. The summed E-state index contributed by atoms with van der Waals surface area (Å²) < 4.78 is 40.4. The van der Waals surface area contributed by atoms with Crippen LogP contribution in [0.25, 0.3) is 0 Å². The van der Waals surface area contributed by atoms with Gasteiger partial charge in [0, 0.05) is 37.2 Å². The third kappa shape index (κ3) is 3.89. The molecule has 6 nitrogen and oxygen atoms in total. The Morgan fingerprint density at radius 2 is 2.00 bits per heavy atom. The van der Waals surface area contributed by atoms with E-state index in [4.69, 9.17) is 0 Å². The lowest BCUT2D eigenvalue weighted by Crippen LogP contribution is -2.52. The van der Waals surface area contributed by atoms with Gasteiger partial charge in [-0.1, -0.05) is 6.07 Å². The number of imidazole rings is 1. The maximum absolute atomic E-state index is 12.9. The molecule has 4 rings (SSSR count). The van der Waals surface area contributed by atoms with Crippen molar-refractivity contribution < 1.29 is 23.1 Å². The zero-order valence-corrected chi connectivity index (χ0v) is 16.0. The Morgan fingerprint density at radius 3 is 2.59 bits per heavy atom. The smallest absolute Gasteiger partial charge is 0.382 e. The molecule has 2 N–H and O–H groups in total. The Labute approximate surface area is 166 Å². The van der Waals surface area contributed by atoms with E-state index in [1.165, 1.54) is 12.1 Å². The lowest BCUT2D eigenvalue weighted by atomic mass is 9.85. The zero-order valence-electron chi connectivity index (χ0n) is 16.0. The molecule has 29 heavy (non-hydrogen) atoms. The van der Waals surface area contributed by atoms with Gasteiger partial charge in [-0.15, -0.1) is 0 Å². The first-order valence-electron chi connectivity index (χ1n) is 9.59. The van der Waals surface area contributed by atoms with Crippen LogP contribution in [-0.2, 0) is 23.6 Å². The van der Waals surface area contributed by atoms with Gasteiger partial charge in [-0.3, -0.25) is 9.69 Å². The van der Waals surface area contributed by atoms with E-state index in [1.807, 2.05) is 11.6 Å². The fraction of sp³-hybridized carbons (Fsp3) is 0.500. The summed E-state index contributed by atoms with van der Waals surface area (Å²) in [5.41, 5.74) is -1.70. The second-order valence-electron chi connectivity index (χ2n) is 7.99. The number of halogens is 3. The number of benzene rings is 1. The van der Waals surface area contributed by atoms with Crippen molar-refractivity contribution in [3.8, 4) is 0 Å². The van der Waals surface area contributed by atoms with Gasteiger partial charge in [-0.2, -0.15) is 13.2 Å². The number of amides is 1. The number of aryl methyl sites for hydroxylation is 1. The van der Waals surface area contributed by atoms with Gasteiger partial charge in [0.2, 0.25) is 5.91 Å². The summed E-state index contributed by atoms with van der Waals surface area (Å²) in [6.07, 6.45) is 1.69. The van der Waals surface area contributed by atoms with Gasteiger partial charge in [0.15, 0.2) is 0 Å². The first-order valence-corrected chi connectivity index (χ1v) is 9.59. The number of carbonyl (C=O) groups is 1. The lowest BCUT2D eigenvalue weighted by molar-refractivity contribution is -0.137. The molecule has 3 heterocycles. The minimum absolute atomic E-state index is 0.0303. The maximum atomic E-state index is 12.9. The molecular weight excluding hydrogens is 385 g/mol. The largest absolute Gasteiger partial charge is 0.416 e. The fourth-order valence-corrected chi connectivity index (χ4v) is 4.71. The number of anilines is 1. The van der Waals surface area contributed by atoms with Crippen LogP contribution in [0.3, 0.4) is 0 Å². The molecule has 2 atom stereocenters. The van der Waals surface area contributed by atoms with Crippen LogP contribution in [0.1, 0.15) is 37.1 Å². The minimum Gasteiger partial charge on any atom is -0.382 e. The predicted octanol–water partition coefficient (Wildman–Crippen LogP) is 2.89. The van der Waals surface area contributed by atoms with E-state index in [0.717, 1.165) is 25.0 Å². The molecule has 1 aromatic heterocycles. The van der Waals surface area contributed by atoms with Gasteiger partial charge in [-0.25, -0.2) is 4.98 Å². The number of nitrogens with zero attached hydrogens (tertiary/aromatic N) is 3. The van der Waals surface area contributed by atoms with Crippen LogP contribution in [0, 0.1) is 0 Å². The number of hydrogen-bond acceptors (Lipinski definition) is 4. The van der Waals surface area contributed by atoms with Crippen molar-refractivity contribution in [2.24, 2.45) is 7.05 Å². The summed E-state index contributed by atoms with van der Waals surface area (Å²) in [4.78, 5) is 18.8. The van der Waals surface area contributed by atoms with Crippen LogP contribution in [-0.4, -0.2) is 44.1 Å². The van der Waals surface area contributed by atoms with Gasteiger partial charge in [0.05, 0.1) is 12.1 Å². The molecule has 2 saturated heterocycles. The summed E-state index contributed by atoms with van der Waals surface area (Å²) in [7, 11) is 1.84. The molecule has 0 spiro atoms. The highest BCUT2D eigenvalue weighted by Gasteiger charge is 2.50. The van der Waals surface area contributed by atoms with E-state index in [1.54, 1.807) is 12.4 Å². The van der Waals surface area contributed by atoms with Crippen LogP contribution in [0.4, 0.5) is 18.9 Å². The summed E-state index contributed by atoms with van der Waals surface area (Å²) in [5, 5.41) is 13.7. The molecule has 2 aliphatic rings. The Morgan fingerprint density at radius 1 is 1.31 bits per heavy atom. The van der Waals surface area contributed by atoms with E-state index in [9.17, 15) is 23.1 Å². The van der Waals surface area contributed by atoms with Crippen molar-refractivity contribution in [3.63, 3.8) is 0 Å². The number of nitrogens with one attached hydrogen (secondary N) is 1. The Kier molecular flexibility index (Phi) is 4.90. The highest BCUT2D eigenvalue weighted by Crippen LogP contribution is 2.45. The lowest BCUT2D eigenvalue weighted by Gasteiger charge is -2.43. The molecule has 2 aliphatic heterocycles. The summed E-state index contributed by atoms with van der Waals surface area (Å²) >= 11 is 0. The third-order valence-electron chi connectivity index (χ3n) is 5.96. The monoisotopic (exact) mass is 408 g/mol. The Hall–Kier alpha value is -2.39. The SMILES string of the molecule is Cn1ccnc1C1(O)C[C@H]2CC[C@H](C1)N2CC(=O)Nc1cccc(C(F)(F)F)c1. The molecule has 9 heteroatoms. The number of piperidine rings is 1. The van der Waals surface area contributed by atoms with E-state index < -0.39 is 17.3 Å². The maximum Gasteiger partial charge on any atom is 0.416 e. The van der Waals surface area contributed by atoms with Crippen LogP contribution in [0.15, 0.2) is 36.7 Å². The van der Waals surface area contributed by atoms with Crippen molar-refractivity contribution in [1.82, 2.24) is 14.5 Å². The molecule has 1 amide bonds. The topological polar surface area (TPSA) is 70.4 Å². The predicted molar refractivity (Wildman–Crippen MR) is 99.9 cm³/mol. The normalized spacial score (nSPS) is 27.2. The second kappa shape index (κ2) is 7.14. The van der Waals surface area contributed by atoms with Crippen molar-refractivity contribution in [2.45, 2.75) is 49.5 Å². The first-order chi connectivity index (χ1) is 13.7. The standard InChI is InChI=1S/C20H23F3N4O2/c1-26-8-7-24-18(26)19(29)10-15-5-6-16(11-19)27(15)12-17(28)25-14-4-2-3-13(9-14)20(21,22)23/h2-4,7-9,15-16,29H,5-6,10-12H2,1H3,(H,25,28)/t15-,16-/m1/s1. The van der Waals surface area contributed by atoms with Crippen LogP contribution in [0.2, 0.25) is 0 Å². The van der Waals surface area contributed by atoms with Crippen molar-refractivity contribution >= 4 is 11.6 Å². The van der Waals surface area contributed by atoms with Gasteiger partial charge >= 0.3 is 6.18 Å². The average molecular weight is 408 g/mol. The number of alkyl halides is 3. The minimum atomic E-state index is -4.46. The highest BCUT2D eigenvalue weighted by atomic mass is 19.4. The van der Waals surface area contributed by atoms with E-state index in [0.29, 0.717) is 18.7 Å². The zero-order chi connectivity index (χ0) is 20.8. The molecule has 2 aromatic rings. The number of hydrogen-bond donors (Lipinski definition) is 2. The number of aliphatic hydroxyl groups is 1. The number of aromatic nitrogens is 2. The molecule has 0 unspecified atom stereocenters. The molecule has 1 aromatic carbocycles. The van der Waals surface area contributed by atoms with Crippen molar-refractivity contribution in [1.29, 1.82) is 0 Å². The second-order valence-corrected chi connectivity index (χ2v) is 7.99. The molecule has 0 aliphatic carbocycles. The molecule has 0 saturated carbocycles. The third-order valence-corrected chi connectivity index (χ3v) is 5.96. The highest BCUT2D eigenvalue weighted by molar-refractivity contribution is 5.92. The van der Waals surface area contributed by atoms with Gasteiger partial charge < -0.3 is 15.0 Å². The van der Waals surface area contributed by atoms with Crippen molar-refractivity contribution in [2.75, 3.05) is 11.9 Å². The van der Waals surface area contributed by atoms with Gasteiger partial charge in [-0.05, 0) is 43.9 Å².